The summed E-state index contributed by atoms with van der Waals surface area (Å²) in [7, 11) is 0. The third-order valence-electron chi connectivity index (χ3n) is 3.77. The minimum absolute atomic E-state index is 0.0480. The van der Waals surface area contributed by atoms with Gasteiger partial charge >= 0.3 is 0 Å². The van der Waals surface area contributed by atoms with Crippen LogP contribution in [0.2, 0.25) is 0 Å². The van der Waals surface area contributed by atoms with Crippen molar-refractivity contribution >= 4 is 17.5 Å². The molecule has 132 valence electrons. The van der Waals surface area contributed by atoms with Crippen molar-refractivity contribution in [3.8, 4) is 5.75 Å². The summed E-state index contributed by atoms with van der Waals surface area (Å²) in [6, 6.07) is 15.2. The second kappa shape index (κ2) is 8.87. The number of nitrogens with zero attached hydrogens (tertiary/aromatic N) is 1. The Bertz CT molecular complexity index is 709. The van der Waals surface area contributed by atoms with E-state index in [9.17, 15) is 9.59 Å². The monoisotopic (exact) mass is 340 g/mol. The van der Waals surface area contributed by atoms with Gasteiger partial charge in [-0.25, -0.2) is 0 Å². The van der Waals surface area contributed by atoms with Crippen molar-refractivity contribution < 1.29 is 14.3 Å². The minimum atomic E-state index is -0.215. The summed E-state index contributed by atoms with van der Waals surface area (Å²) < 4.78 is 5.43. The zero-order valence-electron chi connectivity index (χ0n) is 14.9. The van der Waals surface area contributed by atoms with Gasteiger partial charge in [0.15, 0.2) is 6.61 Å². The molecule has 2 aromatic rings. The minimum Gasteiger partial charge on any atom is -0.484 e. The molecule has 0 radical (unpaired) electrons. The van der Waals surface area contributed by atoms with Crippen LogP contribution in [0, 0.1) is 13.8 Å². The molecule has 0 aliphatic heterocycles. The van der Waals surface area contributed by atoms with Crippen LogP contribution in [0.15, 0.2) is 48.5 Å². The maximum Gasteiger partial charge on any atom is 0.258 e. The van der Waals surface area contributed by atoms with Crippen molar-refractivity contribution in [3.05, 3.63) is 59.7 Å². The standard InChI is InChI=1S/C20H24N2O3/c1-15-4-8-18(9-5-15)22(17(3)23)13-12-21-20(24)14-25-19-10-6-16(2)7-11-19/h4-11H,12-14H2,1-3H3,(H,21,24). The SMILES string of the molecule is CC(=O)N(CCNC(=O)COc1ccc(C)cc1)c1ccc(C)cc1. The number of amides is 2. The predicted octanol–water partition coefficient (Wildman–Crippen LogP) is 2.85. The van der Waals surface area contributed by atoms with Gasteiger partial charge in [0.2, 0.25) is 5.91 Å². The van der Waals surface area contributed by atoms with E-state index in [1.54, 1.807) is 4.90 Å². The van der Waals surface area contributed by atoms with Crippen molar-refractivity contribution in [2.24, 2.45) is 0 Å². The van der Waals surface area contributed by atoms with Crippen LogP contribution in [-0.2, 0) is 9.59 Å². The van der Waals surface area contributed by atoms with E-state index in [0.29, 0.717) is 18.8 Å². The zero-order valence-corrected chi connectivity index (χ0v) is 14.9. The summed E-state index contributed by atoms with van der Waals surface area (Å²) in [6.45, 7) is 6.23. The number of benzene rings is 2. The second-order valence-corrected chi connectivity index (χ2v) is 5.96. The first-order chi connectivity index (χ1) is 12.0. The summed E-state index contributed by atoms with van der Waals surface area (Å²) in [5.74, 6) is 0.382. The molecule has 2 aromatic carbocycles. The molecule has 0 unspecified atom stereocenters. The van der Waals surface area contributed by atoms with Crippen molar-refractivity contribution in [3.63, 3.8) is 0 Å². The predicted molar refractivity (Wildman–Crippen MR) is 98.9 cm³/mol. The first kappa shape index (κ1) is 18.5. The molecule has 0 aliphatic rings. The van der Waals surface area contributed by atoms with Gasteiger partial charge in [-0.3, -0.25) is 9.59 Å². The van der Waals surface area contributed by atoms with Crippen LogP contribution in [0.5, 0.6) is 5.75 Å². The molecule has 0 saturated carbocycles. The molecule has 0 spiro atoms. The average molecular weight is 340 g/mol. The molecule has 0 atom stereocenters. The number of hydrogen-bond donors (Lipinski definition) is 1. The Morgan fingerprint density at radius 1 is 0.960 bits per heavy atom. The maximum atomic E-state index is 11.9. The van der Waals surface area contributed by atoms with Gasteiger partial charge in [-0.1, -0.05) is 35.4 Å². The van der Waals surface area contributed by atoms with E-state index in [1.807, 2.05) is 62.4 Å². The lowest BCUT2D eigenvalue weighted by molar-refractivity contribution is -0.123. The van der Waals surface area contributed by atoms with Gasteiger partial charge in [-0.15, -0.1) is 0 Å². The number of ether oxygens (including phenoxy) is 1. The molecule has 0 bridgehead atoms. The van der Waals surface area contributed by atoms with Crippen LogP contribution in [-0.4, -0.2) is 31.5 Å². The first-order valence-corrected chi connectivity index (χ1v) is 8.26. The molecular formula is C20H24N2O3. The Kier molecular flexibility index (Phi) is 6.57. The summed E-state index contributed by atoms with van der Waals surface area (Å²) in [4.78, 5) is 25.3. The topological polar surface area (TPSA) is 58.6 Å². The number of aryl methyl sites for hydroxylation is 2. The molecule has 5 nitrogen and oxygen atoms in total. The molecule has 2 amide bonds. The third-order valence-corrected chi connectivity index (χ3v) is 3.77. The summed E-state index contributed by atoms with van der Waals surface area (Å²) in [5, 5.41) is 2.77. The van der Waals surface area contributed by atoms with Gasteiger partial charge in [0, 0.05) is 25.7 Å². The van der Waals surface area contributed by atoms with Crippen LogP contribution in [0.1, 0.15) is 18.1 Å². The number of rotatable bonds is 7. The number of carbonyl (C=O) groups excluding carboxylic acids is 2. The van der Waals surface area contributed by atoms with Gasteiger partial charge in [-0.05, 0) is 38.1 Å². The Labute approximate surface area is 148 Å². The smallest absolute Gasteiger partial charge is 0.258 e. The summed E-state index contributed by atoms with van der Waals surface area (Å²) >= 11 is 0. The lowest BCUT2D eigenvalue weighted by Gasteiger charge is -2.21. The van der Waals surface area contributed by atoms with Crippen LogP contribution in [0.25, 0.3) is 0 Å². The van der Waals surface area contributed by atoms with Crippen LogP contribution in [0.3, 0.4) is 0 Å². The molecular weight excluding hydrogens is 316 g/mol. The van der Waals surface area contributed by atoms with Gasteiger partial charge < -0.3 is 15.0 Å². The lowest BCUT2D eigenvalue weighted by Crippen LogP contribution is -2.39. The normalized spacial score (nSPS) is 10.2. The molecule has 0 aliphatic carbocycles. The number of nitrogens with one attached hydrogen (secondary N) is 1. The average Bonchev–Trinajstić information content (AvgIpc) is 2.59. The number of carbonyl (C=O) groups is 2. The van der Waals surface area contributed by atoms with Crippen molar-refractivity contribution in [1.29, 1.82) is 0 Å². The fraction of sp³-hybridized carbons (Fsp3) is 0.300. The first-order valence-electron chi connectivity index (χ1n) is 8.26. The fourth-order valence-electron chi connectivity index (χ4n) is 2.33. The highest BCUT2D eigenvalue weighted by molar-refractivity contribution is 5.91. The lowest BCUT2D eigenvalue weighted by atomic mass is 10.2. The van der Waals surface area contributed by atoms with Crippen molar-refractivity contribution in [1.82, 2.24) is 5.32 Å². The van der Waals surface area contributed by atoms with Gasteiger partial charge in [0.25, 0.3) is 5.91 Å². The van der Waals surface area contributed by atoms with Crippen molar-refractivity contribution in [2.75, 3.05) is 24.6 Å². The maximum absolute atomic E-state index is 11.9. The van der Waals surface area contributed by atoms with Gasteiger partial charge in [-0.2, -0.15) is 0 Å². The molecule has 25 heavy (non-hydrogen) atoms. The van der Waals surface area contributed by atoms with E-state index in [-0.39, 0.29) is 18.4 Å². The number of anilines is 1. The van der Waals surface area contributed by atoms with Crippen LogP contribution in [0.4, 0.5) is 5.69 Å². The summed E-state index contributed by atoms with van der Waals surface area (Å²) in [6.07, 6.45) is 0. The zero-order chi connectivity index (χ0) is 18.2. The molecule has 0 saturated heterocycles. The molecule has 0 fully saturated rings. The molecule has 5 heteroatoms. The van der Waals surface area contributed by atoms with E-state index in [2.05, 4.69) is 5.32 Å². The third kappa shape index (κ3) is 5.95. The highest BCUT2D eigenvalue weighted by Crippen LogP contribution is 2.15. The van der Waals surface area contributed by atoms with Crippen LogP contribution >= 0.6 is 0 Å². The van der Waals surface area contributed by atoms with E-state index in [0.717, 1.165) is 16.8 Å². The van der Waals surface area contributed by atoms with Gasteiger partial charge in [0.1, 0.15) is 5.75 Å². The van der Waals surface area contributed by atoms with Gasteiger partial charge in [0.05, 0.1) is 0 Å². The van der Waals surface area contributed by atoms with E-state index >= 15 is 0 Å². The Morgan fingerprint density at radius 3 is 2.08 bits per heavy atom. The molecule has 2 rings (SSSR count). The van der Waals surface area contributed by atoms with Crippen LogP contribution < -0.4 is 15.0 Å². The Hall–Kier alpha value is -2.82. The Morgan fingerprint density at radius 2 is 1.52 bits per heavy atom. The van der Waals surface area contributed by atoms with E-state index in [1.165, 1.54) is 6.92 Å². The highest BCUT2D eigenvalue weighted by Gasteiger charge is 2.11. The Balaban J connectivity index is 1.79. The molecule has 0 heterocycles. The van der Waals surface area contributed by atoms with E-state index < -0.39 is 0 Å². The molecule has 0 aromatic heterocycles. The largest absolute Gasteiger partial charge is 0.484 e. The van der Waals surface area contributed by atoms with E-state index in [4.69, 9.17) is 4.74 Å². The quantitative estimate of drug-likeness (QED) is 0.843. The fourth-order valence-corrected chi connectivity index (χ4v) is 2.33. The highest BCUT2D eigenvalue weighted by atomic mass is 16.5. The second-order valence-electron chi connectivity index (χ2n) is 5.96. The number of hydrogen-bond acceptors (Lipinski definition) is 3. The summed E-state index contributed by atoms with van der Waals surface area (Å²) in [5.41, 5.74) is 3.09. The van der Waals surface area contributed by atoms with Crippen molar-refractivity contribution in [2.45, 2.75) is 20.8 Å². The molecule has 1 N–H and O–H groups in total.